The average Bonchev–Trinajstić information content (AvgIpc) is 3.71. The van der Waals surface area contributed by atoms with Gasteiger partial charge in [-0.15, -0.1) is 0 Å². The van der Waals surface area contributed by atoms with E-state index >= 15 is 0 Å². The summed E-state index contributed by atoms with van der Waals surface area (Å²) >= 11 is 0. The van der Waals surface area contributed by atoms with Crippen LogP contribution < -0.4 is 5.32 Å². The number of benzene rings is 6. The Morgan fingerprint density at radius 3 is 1.77 bits per heavy atom. The smallest absolute Gasteiger partial charge is 0.209 e. The third kappa shape index (κ3) is 4.84. The van der Waals surface area contributed by atoms with Crippen LogP contribution in [0.4, 0.5) is 0 Å². The number of nitrogens with one attached hydrogen (secondary N) is 1. The maximum atomic E-state index is 5.81. The highest BCUT2D eigenvalue weighted by atomic mass is 15.5. The van der Waals surface area contributed by atoms with Crippen LogP contribution in [0, 0.1) is 5.41 Å². The zero-order valence-corrected chi connectivity index (χ0v) is 30.2. The first-order valence-corrected chi connectivity index (χ1v) is 18.5. The minimum atomic E-state index is -0.643. The summed E-state index contributed by atoms with van der Waals surface area (Å²) in [6.45, 7) is 4.62. The van der Waals surface area contributed by atoms with Gasteiger partial charge in [0.15, 0.2) is 0 Å². The number of aliphatic imine (C=N–C) groups is 1. The summed E-state index contributed by atoms with van der Waals surface area (Å²) < 4.78 is 4.81. The summed E-state index contributed by atoms with van der Waals surface area (Å²) in [5, 5.41) is 8.94. The molecular formula is C48H41N5. The molecule has 1 N–H and O–H groups in total. The Kier molecular flexibility index (Phi) is 7.11. The molecule has 8 aromatic rings. The highest BCUT2D eigenvalue weighted by molar-refractivity contribution is 6.21. The van der Waals surface area contributed by atoms with Crippen LogP contribution >= 0.6 is 0 Å². The molecule has 0 fully saturated rings. The highest BCUT2D eigenvalue weighted by Crippen LogP contribution is 2.46. The minimum Gasteiger partial charge on any atom is -0.325 e. The molecule has 0 radical (unpaired) electrons. The van der Waals surface area contributed by atoms with Gasteiger partial charge in [0, 0.05) is 39.7 Å². The van der Waals surface area contributed by atoms with Gasteiger partial charge in [0.05, 0.1) is 22.1 Å². The summed E-state index contributed by atoms with van der Waals surface area (Å²) in [5.41, 5.74) is 8.58. The van der Waals surface area contributed by atoms with Crippen molar-refractivity contribution < 1.29 is 0 Å². The van der Waals surface area contributed by atoms with Crippen molar-refractivity contribution in [3.05, 3.63) is 181 Å². The summed E-state index contributed by atoms with van der Waals surface area (Å²) in [5.74, 6) is 0.921. The van der Waals surface area contributed by atoms with Gasteiger partial charge in [-0.3, -0.25) is 9.88 Å². The number of aromatic nitrogens is 2. The van der Waals surface area contributed by atoms with Gasteiger partial charge in [0.2, 0.25) is 5.96 Å². The first kappa shape index (κ1) is 31.6. The quantitative estimate of drug-likeness (QED) is 0.200. The summed E-state index contributed by atoms with van der Waals surface area (Å²) in [6, 6.07) is 54.5. The predicted molar refractivity (Wildman–Crippen MR) is 221 cm³/mol. The molecule has 3 atom stereocenters. The summed E-state index contributed by atoms with van der Waals surface area (Å²) in [6.07, 6.45) is 7.79. The van der Waals surface area contributed by atoms with Gasteiger partial charge in [-0.05, 0) is 66.4 Å². The molecule has 2 aliphatic rings. The van der Waals surface area contributed by atoms with Crippen LogP contribution in [0.25, 0.3) is 54.9 Å². The van der Waals surface area contributed by atoms with Gasteiger partial charge < -0.3 is 9.47 Å². The van der Waals surface area contributed by atoms with E-state index in [1.54, 1.807) is 0 Å². The maximum absolute atomic E-state index is 5.81. The van der Waals surface area contributed by atoms with Crippen LogP contribution in [0.5, 0.6) is 0 Å². The fourth-order valence-electron chi connectivity index (χ4n) is 8.67. The Morgan fingerprint density at radius 2 is 1.15 bits per heavy atom. The molecule has 0 spiro atoms. The van der Waals surface area contributed by atoms with Crippen molar-refractivity contribution in [1.82, 2.24) is 19.4 Å². The van der Waals surface area contributed by atoms with Gasteiger partial charge >= 0.3 is 0 Å². The molecule has 10 rings (SSSR count). The lowest BCUT2D eigenvalue weighted by molar-refractivity contribution is 0.101. The van der Waals surface area contributed by atoms with Crippen LogP contribution in [0.2, 0.25) is 0 Å². The lowest BCUT2D eigenvalue weighted by Crippen LogP contribution is -2.62. The first-order chi connectivity index (χ1) is 25.9. The zero-order chi connectivity index (χ0) is 35.7. The standard InChI is InChI=1S/C48H41N5/c1-47(29-27-34(28-30-47)33-17-7-4-8-18-33)48(2)49-45(35-19-9-5-10-20-35)51(3)46(50-48)53-42-26-16-14-24-38(42)40-31-43-39(32-44(40)53)37-23-13-15-25-41(37)52(43)36-21-11-6-12-22-36/h4-29,31-32,45,49H,30H2,1-3H3. The lowest BCUT2D eigenvalue weighted by Gasteiger charge is -2.51. The van der Waals surface area contributed by atoms with Crippen molar-refractivity contribution in [1.29, 1.82) is 0 Å². The van der Waals surface area contributed by atoms with E-state index in [1.807, 2.05) is 0 Å². The van der Waals surface area contributed by atoms with E-state index in [1.165, 1.54) is 49.3 Å². The SMILES string of the molecule is CN1C(n2c3ccccc3c3cc4c(cc32)c2ccccc2n4-c2ccccc2)=NC(C)(C2(C)C=CC(c3ccccc3)=CC2)NC1c1ccccc1. The third-order valence-corrected chi connectivity index (χ3v) is 11.8. The van der Waals surface area contributed by atoms with Crippen LogP contribution in [-0.4, -0.2) is 32.7 Å². The van der Waals surface area contributed by atoms with Crippen molar-refractivity contribution in [2.75, 3.05) is 7.05 Å². The van der Waals surface area contributed by atoms with Crippen molar-refractivity contribution >= 4 is 55.1 Å². The molecule has 1 aliphatic carbocycles. The number of hydrogen-bond donors (Lipinski definition) is 1. The lowest BCUT2D eigenvalue weighted by atomic mass is 9.71. The Hall–Kier alpha value is -6.17. The van der Waals surface area contributed by atoms with Crippen LogP contribution in [0.3, 0.4) is 0 Å². The number of hydrogen-bond acceptors (Lipinski definition) is 3. The second-order valence-corrected chi connectivity index (χ2v) is 15.0. The Morgan fingerprint density at radius 1 is 0.604 bits per heavy atom. The molecule has 53 heavy (non-hydrogen) atoms. The maximum Gasteiger partial charge on any atom is 0.209 e. The molecule has 2 aromatic heterocycles. The largest absolute Gasteiger partial charge is 0.325 e. The number of fused-ring (bicyclic) bond motifs is 6. The zero-order valence-electron chi connectivity index (χ0n) is 30.2. The van der Waals surface area contributed by atoms with Crippen molar-refractivity contribution in [2.45, 2.75) is 32.1 Å². The Balaban J connectivity index is 1.22. The summed E-state index contributed by atoms with van der Waals surface area (Å²) in [7, 11) is 2.18. The second kappa shape index (κ2) is 11.9. The number of nitrogens with zero attached hydrogens (tertiary/aromatic N) is 4. The first-order valence-electron chi connectivity index (χ1n) is 18.5. The van der Waals surface area contributed by atoms with Crippen molar-refractivity contribution in [3.63, 3.8) is 0 Å². The molecule has 0 saturated carbocycles. The van der Waals surface area contributed by atoms with Gasteiger partial charge in [0.25, 0.3) is 0 Å². The van der Waals surface area contributed by atoms with E-state index in [9.17, 15) is 0 Å². The topological polar surface area (TPSA) is 37.5 Å². The fourth-order valence-corrected chi connectivity index (χ4v) is 8.67. The molecular weight excluding hydrogens is 647 g/mol. The van der Waals surface area contributed by atoms with E-state index in [2.05, 4.69) is 210 Å². The molecule has 0 bridgehead atoms. The molecule has 0 saturated heterocycles. The second-order valence-electron chi connectivity index (χ2n) is 15.0. The van der Waals surface area contributed by atoms with Crippen LogP contribution in [-0.2, 0) is 0 Å². The molecule has 6 aromatic carbocycles. The van der Waals surface area contributed by atoms with E-state index in [-0.39, 0.29) is 11.6 Å². The highest BCUT2D eigenvalue weighted by Gasteiger charge is 2.49. The van der Waals surface area contributed by atoms with E-state index in [0.29, 0.717) is 0 Å². The van der Waals surface area contributed by atoms with Gasteiger partial charge in [0.1, 0.15) is 11.8 Å². The third-order valence-electron chi connectivity index (χ3n) is 11.8. The molecule has 1 aliphatic heterocycles. The van der Waals surface area contributed by atoms with Gasteiger partial charge in [-0.25, -0.2) is 4.99 Å². The van der Waals surface area contributed by atoms with Crippen molar-refractivity contribution in [2.24, 2.45) is 10.4 Å². The van der Waals surface area contributed by atoms with E-state index in [0.717, 1.165) is 29.1 Å². The normalized spacial score (nSPS) is 21.8. The average molecular weight is 688 g/mol. The molecule has 3 unspecified atom stereocenters. The summed E-state index contributed by atoms with van der Waals surface area (Å²) in [4.78, 5) is 8.13. The Bertz CT molecular complexity index is 2770. The van der Waals surface area contributed by atoms with Crippen LogP contribution in [0.1, 0.15) is 37.6 Å². The van der Waals surface area contributed by atoms with Gasteiger partial charge in [-0.2, -0.15) is 0 Å². The fraction of sp³-hybridized carbons (Fsp3) is 0.146. The molecule has 5 heteroatoms. The van der Waals surface area contributed by atoms with Gasteiger partial charge in [-0.1, -0.05) is 140 Å². The molecule has 5 nitrogen and oxygen atoms in total. The monoisotopic (exact) mass is 687 g/mol. The number of para-hydroxylation sites is 3. The van der Waals surface area contributed by atoms with Crippen molar-refractivity contribution in [3.8, 4) is 5.69 Å². The molecule has 3 heterocycles. The van der Waals surface area contributed by atoms with E-state index in [4.69, 9.17) is 4.99 Å². The van der Waals surface area contributed by atoms with E-state index < -0.39 is 5.66 Å². The molecule has 258 valence electrons. The number of allylic oxidation sites excluding steroid dienone is 3. The predicted octanol–water partition coefficient (Wildman–Crippen LogP) is 11.1. The number of rotatable bonds is 4. The van der Waals surface area contributed by atoms with Crippen LogP contribution in [0.15, 0.2) is 175 Å². The minimum absolute atomic E-state index is 0.113. The Labute approximate surface area is 309 Å². The molecule has 0 amide bonds.